The smallest absolute Gasteiger partial charge is 0.145 e. The molecule has 0 saturated carbocycles. The zero-order chi connectivity index (χ0) is 12.2. The summed E-state index contributed by atoms with van der Waals surface area (Å²) in [6.07, 6.45) is 0. The van der Waals surface area contributed by atoms with E-state index in [9.17, 15) is 4.39 Å². The number of hydrogen-bond donors (Lipinski definition) is 0. The maximum Gasteiger partial charge on any atom is 0.145 e. The van der Waals surface area contributed by atoms with Crippen LogP contribution in [0.25, 0.3) is 0 Å². The van der Waals surface area contributed by atoms with Crippen molar-refractivity contribution in [3.8, 4) is 0 Å². The molecule has 3 heteroatoms. The minimum Gasteiger partial charge on any atom is -0.205 e. The molecule has 0 aliphatic rings. The van der Waals surface area contributed by atoms with E-state index in [1.165, 1.54) is 6.07 Å². The number of rotatable bonds is 0. The summed E-state index contributed by atoms with van der Waals surface area (Å²) in [5, 5.41) is 0.550. The van der Waals surface area contributed by atoms with Crippen LogP contribution in [0, 0.1) is 5.82 Å². The topological polar surface area (TPSA) is 0 Å². The standard InChI is InChI=1S/C10H11Cl2F.C2H6/c1-10(2,3)7-4-6(11)5-8(12)9(7)13;1-2/h4-5H,1-3H3;1-2H3. The van der Waals surface area contributed by atoms with Crippen LogP contribution in [0.2, 0.25) is 10.0 Å². The molecule has 1 aromatic carbocycles. The van der Waals surface area contributed by atoms with E-state index in [4.69, 9.17) is 23.2 Å². The summed E-state index contributed by atoms with van der Waals surface area (Å²) in [6, 6.07) is 3.02. The molecule has 0 aliphatic heterocycles. The summed E-state index contributed by atoms with van der Waals surface area (Å²) < 4.78 is 13.5. The first-order chi connectivity index (χ1) is 6.82. The Bertz CT molecular complexity index is 327. The Morgan fingerprint density at radius 2 is 1.53 bits per heavy atom. The van der Waals surface area contributed by atoms with Crippen molar-refractivity contribution in [3.05, 3.63) is 33.6 Å². The van der Waals surface area contributed by atoms with Crippen molar-refractivity contribution in [3.63, 3.8) is 0 Å². The molecule has 0 aliphatic carbocycles. The third kappa shape index (κ3) is 4.00. The molecule has 86 valence electrons. The van der Waals surface area contributed by atoms with E-state index in [2.05, 4.69) is 0 Å². The Morgan fingerprint density at radius 3 is 1.93 bits per heavy atom. The second-order valence-electron chi connectivity index (χ2n) is 4.00. The van der Waals surface area contributed by atoms with Gasteiger partial charge in [-0.05, 0) is 23.1 Å². The molecule has 0 nitrogen and oxygen atoms in total. The zero-order valence-electron chi connectivity index (χ0n) is 9.79. The lowest BCUT2D eigenvalue weighted by Gasteiger charge is -2.20. The van der Waals surface area contributed by atoms with E-state index < -0.39 is 0 Å². The van der Waals surface area contributed by atoms with Gasteiger partial charge in [0.1, 0.15) is 5.82 Å². The Morgan fingerprint density at radius 1 is 1.07 bits per heavy atom. The maximum absolute atomic E-state index is 13.5. The Hall–Kier alpha value is -0.270. The summed E-state index contributed by atoms with van der Waals surface area (Å²) in [4.78, 5) is 0. The summed E-state index contributed by atoms with van der Waals surface area (Å²) in [6.45, 7) is 9.74. The molecular formula is C12H17Cl2F. The van der Waals surface area contributed by atoms with E-state index >= 15 is 0 Å². The van der Waals surface area contributed by atoms with Gasteiger partial charge in [0.25, 0.3) is 0 Å². The van der Waals surface area contributed by atoms with E-state index in [1.54, 1.807) is 6.07 Å². The van der Waals surface area contributed by atoms with Crippen LogP contribution in [0.3, 0.4) is 0 Å². The molecule has 0 unspecified atom stereocenters. The molecule has 0 heterocycles. The second kappa shape index (κ2) is 5.72. The van der Waals surface area contributed by atoms with Gasteiger partial charge in [0.15, 0.2) is 0 Å². The number of halogens is 3. The van der Waals surface area contributed by atoms with Crippen molar-refractivity contribution in [2.45, 2.75) is 40.0 Å². The van der Waals surface area contributed by atoms with E-state index in [1.807, 2.05) is 34.6 Å². The van der Waals surface area contributed by atoms with Crippen molar-refractivity contribution < 1.29 is 4.39 Å². The van der Waals surface area contributed by atoms with Crippen LogP contribution in [0.1, 0.15) is 40.2 Å². The average Bonchev–Trinajstić information content (AvgIpc) is 2.13. The molecule has 0 atom stereocenters. The Kier molecular flexibility index (Phi) is 5.61. The fourth-order valence-electron chi connectivity index (χ4n) is 1.10. The van der Waals surface area contributed by atoms with Gasteiger partial charge < -0.3 is 0 Å². The molecule has 0 fully saturated rings. The average molecular weight is 251 g/mol. The predicted molar refractivity (Wildman–Crippen MR) is 66.5 cm³/mol. The largest absolute Gasteiger partial charge is 0.205 e. The molecule has 0 spiro atoms. The van der Waals surface area contributed by atoms with Gasteiger partial charge in [-0.2, -0.15) is 0 Å². The van der Waals surface area contributed by atoms with Gasteiger partial charge in [-0.3, -0.25) is 0 Å². The van der Waals surface area contributed by atoms with Gasteiger partial charge in [-0.15, -0.1) is 0 Å². The first-order valence-electron chi connectivity index (χ1n) is 4.97. The molecule has 1 rings (SSSR count). The number of benzene rings is 1. The summed E-state index contributed by atoms with van der Waals surface area (Å²) in [5.74, 6) is -0.376. The molecule has 0 saturated heterocycles. The summed E-state index contributed by atoms with van der Waals surface area (Å²) in [7, 11) is 0. The monoisotopic (exact) mass is 250 g/mol. The van der Waals surface area contributed by atoms with Crippen LogP contribution in [0.5, 0.6) is 0 Å². The highest BCUT2D eigenvalue weighted by molar-refractivity contribution is 6.34. The Labute approximate surface area is 101 Å². The third-order valence-corrected chi connectivity index (χ3v) is 2.29. The minimum atomic E-state index is -0.376. The first-order valence-corrected chi connectivity index (χ1v) is 5.73. The van der Waals surface area contributed by atoms with E-state index in [0.717, 1.165) is 0 Å². The van der Waals surface area contributed by atoms with Crippen LogP contribution < -0.4 is 0 Å². The molecule has 0 N–H and O–H groups in total. The minimum absolute atomic E-state index is 0.0809. The van der Waals surface area contributed by atoms with Crippen LogP contribution >= 0.6 is 23.2 Å². The maximum atomic E-state index is 13.5. The highest BCUT2D eigenvalue weighted by Gasteiger charge is 2.20. The van der Waals surface area contributed by atoms with Crippen LogP contribution in [-0.4, -0.2) is 0 Å². The molecule has 0 radical (unpaired) electrons. The van der Waals surface area contributed by atoms with Crippen LogP contribution in [-0.2, 0) is 5.41 Å². The molecule has 1 aromatic rings. The molecule has 15 heavy (non-hydrogen) atoms. The van der Waals surface area contributed by atoms with Crippen molar-refractivity contribution in [1.82, 2.24) is 0 Å². The van der Waals surface area contributed by atoms with Crippen LogP contribution in [0.15, 0.2) is 12.1 Å². The second-order valence-corrected chi connectivity index (χ2v) is 4.84. The van der Waals surface area contributed by atoms with E-state index in [-0.39, 0.29) is 16.3 Å². The normalized spacial score (nSPS) is 10.7. The highest BCUT2D eigenvalue weighted by Crippen LogP contribution is 2.31. The van der Waals surface area contributed by atoms with Gasteiger partial charge >= 0.3 is 0 Å². The lowest BCUT2D eigenvalue weighted by molar-refractivity contribution is 0.523. The first kappa shape index (κ1) is 14.7. The van der Waals surface area contributed by atoms with Gasteiger partial charge in [-0.1, -0.05) is 57.8 Å². The lowest BCUT2D eigenvalue weighted by Crippen LogP contribution is -2.13. The molecule has 0 amide bonds. The molecular weight excluding hydrogens is 234 g/mol. The quantitative estimate of drug-likeness (QED) is 0.537. The van der Waals surface area contributed by atoms with Crippen molar-refractivity contribution in [2.75, 3.05) is 0 Å². The van der Waals surface area contributed by atoms with Gasteiger partial charge in [0.05, 0.1) is 5.02 Å². The van der Waals surface area contributed by atoms with Gasteiger partial charge in [-0.25, -0.2) is 4.39 Å². The fraction of sp³-hybridized carbons (Fsp3) is 0.500. The zero-order valence-corrected chi connectivity index (χ0v) is 11.3. The van der Waals surface area contributed by atoms with Gasteiger partial charge in [0, 0.05) is 5.02 Å². The fourth-order valence-corrected chi connectivity index (χ4v) is 1.60. The third-order valence-electron chi connectivity index (χ3n) is 1.80. The summed E-state index contributed by atoms with van der Waals surface area (Å²) in [5.41, 5.74) is 0.267. The van der Waals surface area contributed by atoms with Crippen molar-refractivity contribution in [1.29, 1.82) is 0 Å². The van der Waals surface area contributed by atoms with Crippen molar-refractivity contribution >= 4 is 23.2 Å². The van der Waals surface area contributed by atoms with Gasteiger partial charge in [0.2, 0.25) is 0 Å². The lowest BCUT2D eigenvalue weighted by atomic mass is 9.87. The summed E-state index contributed by atoms with van der Waals surface area (Å²) >= 11 is 11.4. The van der Waals surface area contributed by atoms with Crippen LogP contribution in [0.4, 0.5) is 4.39 Å². The predicted octanol–water partition coefficient (Wildman–Crippen LogP) is 5.46. The molecule has 0 bridgehead atoms. The number of hydrogen-bond acceptors (Lipinski definition) is 0. The van der Waals surface area contributed by atoms with E-state index in [0.29, 0.717) is 10.6 Å². The SMILES string of the molecule is CC.CC(C)(C)c1cc(Cl)cc(Cl)c1F. The Balaban J connectivity index is 0.000000921. The molecule has 0 aromatic heterocycles. The highest BCUT2D eigenvalue weighted by atomic mass is 35.5. The van der Waals surface area contributed by atoms with Crippen molar-refractivity contribution in [2.24, 2.45) is 0 Å².